The van der Waals surface area contributed by atoms with Crippen LogP contribution in [0.1, 0.15) is 19.8 Å². The predicted molar refractivity (Wildman–Crippen MR) is 83.6 cm³/mol. The van der Waals surface area contributed by atoms with Crippen molar-refractivity contribution in [2.75, 3.05) is 17.2 Å². The van der Waals surface area contributed by atoms with Gasteiger partial charge in [-0.3, -0.25) is 9.59 Å². The SMILES string of the molecule is CC(=O)Nc1cccc(NC(=O)[C@@H]2CC[C@H](CN)O2)c1.Cl. The molecule has 21 heavy (non-hydrogen) atoms. The molecule has 1 aromatic carbocycles. The first-order valence-electron chi connectivity index (χ1n) is 6.62. The first-order chi connectivity index (χ1) is 9.58. The number of nitrogens with two attached hydrogens (primary N) is 1. The zero-order valence-corrected chi connectivity index (χ0v) is 12.6. The van der Waals surface area contributed by atoms with Gasteiger partial charge in [-0.25, -0.2) is 0 Å². The average Bonchev–Trinajstić information content (AvgIpc) is 2.87. The highest BCUT2D eigenvalue weighted by atomic mass is 35.5. The van der Waals surface area contributed by atoms with Gasteiger partial charge in [0.25, 0.3) is 5.91 Å². The summed E-state index contributed by atoms with van der Waals surface area (Å²) < 4.78 is 5.53. The summed E-state index contributed by atoms with van der Waals surface area (Å²) in [6, 6.07) is 6.99. The van der Waals surface area contributed by atoms with Crippen LogP contribution in [-0.4, -0.2) is 30.6 Å². The molecule has 2 rings (SSSR count). The lowest BCUT2D eigenvalue weighted by Crippen LogP contribution is -2.29. The van der Waals surface area contributed by atoms with E-state index >= 15 is 0 Å². The molecule has 0 saturated carbocycles. The first kappa shape index (κ1) is 17.4. The Hall–Kier alpha value is -1.63. The second kappa shape index (κ2) is 7.97. The van der Waals surface area contributed by atoms with Crippen LogP contribution < -0.4 is 16.4 Å². The molecule has 0 aromatic heterocycles. The number of anilines is 2. The maximum Gasteiger partial charge on any atom is 0.253 e. The molecule has 1 aromatic rings. The number of nitrogens with one attached hydrogen (secondary N) is 2. The third kappa shape index (κ3) is 5.00. The summed E-state index contributed by atoms with van der Waals surface area (Å²) in [7, 11) is 0. The number of amides is 2. The maximum absolute atomic E-state index is 12.0. The Morgan fingerprint density at radius 2 is 1.95 bits per heavy atom. The molecule has 4 N–H and O–H groups in total. The van der Waals surface area contributed by atoms with Gasteiger partial charge in [0.05, 0.1) is 6.10 Å². The van der Waals surface area contributed by atoms with Crippen LogP contribution in [0.2, 0.25) is 0 Å². The number of hydrogen-bond donors (Lipinski definition) is 3. The Morgan fingerprint density at radius 1 is 1.29 bits per heavy atom. The van der Waals surface area contributed by atoms with E-state index in [9.17, 15) is 9.59 Å². The van der Waals surface area contributed by atoms with Crippen LogP contribution in [0.5, 0.6) is 0 Å². The van der Waals surface area contributed by atoms with Crippen molar-refractivity contribution >= 4 is 35.6 Å². The molecule has 1 heterocycles. The molecule has 1 aliphatic heterocycles. The van der Waals surface area contributed by atoms with Gasteiger partial charge in [0.2, 0.25) is 5.91 Å². The van der Waals surface area contributed by atoms with Crippen LogP contribution in [0, 0.1) is 0 Å². The standard InChI is InChI=1S/C14H19N3O3.ClH/c1-9(18)16-10-3-2-4-11(7-10)17-14(19)13-6-5-12(8-15)20-13;/h2-4,7,12-13H,5-6,8,15H2,1H3,(H,16,18)(H,17,19);1H/t12-,13+;/m1./s1. The molecule has 0 aliphatic carbocycles. The van der Waals surface area contributed by atoms with E-state index in [1.807, 2.05) is 0 Å². The first-order valence-corrected chi connectivity index (χ1v) is 6.62. The molecule has 116 valence electrons. The lowest BCUT2D eigenvalue weighted by molar-refractivity contribution is -0.126. The summed E-state index contributed by atoms with van der Waals surface area (Å²) in [6.45, 7) is 1.87. The minimum absolute atomic E-state index is 0. The molecule has 0 bridgehead atoms. The molecular weight excluding hydrogens is 294 g/mol. The van der Waals surface area contributed by atoms with E-state index < -0.39 is 6.10 Å². The van der Waals surface area contributed by atoms with E-state index in [0.717, 1.165) is 6.42 Å². The topological polar surface area (TPSA) is 93.5 Å². The minimum atomic E-state index is -0.451. The highest BCUT2D eigenvalue weighted by Gasteiger charge is 2.29. The van der Waals surface area contributed by atoms with Crippen LogP contribution >= 0.6 is 12.4 Å². The smallest absolute Gasteiger partial charge is 0.253 e. The molecule has 0 radical (unpaired) electrons. The van der Waals surface area contributed by atoms with Crippen molar-refractivity contribution in [2.45, 2.75) is 32.0 Å². The molecular formula is C14H20ClN3O3. The van der Waals surface area contributed by atoms with Gasteiger partial charge in [0.1, 0.15) is 6.10 Å². The van der Waals surface area contributed by atoms with Gasteiger partial charge in [-0.2, -0.15) is 0 Å². The van der Waals surface area contributed by atoms with Crippen molar-refractivity contribution in [3.8, 4) is 0 Å². The van der Waals surface area contributed by atoms with E-state index in [1.165, 1.54) is 6.92 Å². The summed E-state index contributed by atoms with van der Waals surface area (Å²) in [6.07, 6.45) is 1.00. The fraction of sp³-hybridized carbons (Fsp3) is 0.429. The van der Waals surface area contributed by atoms with E-state index in [1.54, 1.807) is 24.3 Å². The fourth-order valence-electron chi connectivity index (χ4n) is 2.17. The quantitative estimate of drug-likeness (QED) is 0.785. The zero-order chi connectivity index (χ0) is 14.5. The van der Waals surface area contributed by atoms with Crippen molar-refractivity contribution in [3.63, 3.8) is 0 Å². The molecule has 1 aliphatic rings. The summed E-state index contributed by atoms with van der Waals surface area (Å²) >= 11 is 0. The molecule has 7 heteroatoms. The highest BCUT2D eigenvalue weighted by Crippen LogP contribution is 2.21. The van der Waals surface area contributed by atoms with Gasteiger partial charge in [0.15, 0.2) is 0 Å². The third-order valence-corrected chi connectivity index (χ3v) is 3.11. The molecule has 2 atom stereocenters. The maximum atomic E-state index is 12.0. The normalized spacial score (nSPS) is 20.5. The second-order valence-corrected chi connectivity index (χ2v) is 4.81. The van der Waals surface area contributed by atoms with Crippen LogP contribution in [0.3, 0.4) is 0 Å². The van der Waals surface area contributed by atoms with Crippen LogP contribution in [0.15, 0.2) is 24.3 Å². The minimum Gasteiger partial charge on any atom is -0.364 e. The molecule has 2 amide bonds. The van der Waals surface area contributed by atoms with E-state index in [2.05, 4.69) is 10.6 Å². The van der Waals surface area contributed by atoms with E-state index in [-0.39, 0.29) is 30.3 Å². The average molecular weight is 314 g/mol. The summed E-state index contributed by atoms with van der Waals surface area (Å²) in [5, 5.41) is 5.45. The number of hydrogen-bond acceptors (Lipinski definition) is 4. The molecule has 6 nitrogen and oxygen atoms in total. The Morgan fingerprint density at radius 3 is 2.52 bits per heavy atom. The number of rotatable bonds is 4. The second-order valence-electron chi connectivity index (χ2n) is 4.81. The van der Waals surface area contributed by atoms with Crippen LogP contribution in [-0.2, 0) is 14.3 Å². The Balaban J connectivity index is 0.00000220. The van der Waals surface area contributed by atoms with Gasteiger partial charge in [0, 0.05) is 24.8 Å². The Bertz CT molecular complexity index is 510. The van der Waals surface area contributed by atoms with Gasteiger partial charge >= 0.3 is 0 Å². The van der Waals surface area contributed by atoms with Gasteiger partial charge in [-0.05, 0) is 31.0 Å². The number of halogens is 1. The van der Waals surface area contributed by atoms with Gasteiger partial charge in [-0.15, -0.1) is 12.4 Å². The van der Waals surface area contributed by atoms with E-state index in [4.69, 9.17) is 10.5 Å². The number of benzene rings is 1. The monoisotopic (exact) mass is 313 g/mol. The van der Waals surface area contributed by atoms with Gasteiger partial charge in [-0.1, -0.05) is 6.07 Å². The van der Waals surface area contributed by atoms with Crippen molar-refractivity contribution in [3.05, 3.63) is 24.3 Å². The van der Waals surface area contributed by atoms with Crippen LogP contribution in [0.4, 0.5) is 11.4 Å². The Kier molecular flexibility index (Phi) is 6.61. The molecule has 1 fully saturated rings. The van der Waals surface area contributed by atoms with Crippen LogP contribution in [0.25, 0.3) is 0 Å². The fourth-order valence-corrected chi connectivity index (χ4v) is 2.17. The van der Waals surface area contributed by atoms with Crippen molar-refractivity contribution in [2.24, 2.45) is 5.73 Å². The molecule has 1 saturated heterocycles. The molecule has 0 spiro atoms. The largest absolute Gasteiger partial charge is 0.364 e. The number of ether oxygens (including phenoxy) is 1. The lowest BCUT2D eigenvalue weighted by Gasteiger charge is -2.13. The summed E-state index contributed by atoms with van der Waals surface area (Å²) in [5.41, 5.74) is 6.79. The third-order valence-electron chi connectivity index (χ3n) is 3.11. The highest BCUT2D eigenvalue weighted by molar-refractivity contribution is 5.95. The lowest BCUT2D eigenvalue weighted by atomic mass is 10.2. The summed E-state index contributed by atoms with van der Waals surface area (Å²) in [5.74, 6) is -0.334. The number of carbonyl (C=O) groups excluding carboxylic acids is 2. The van der Waals surface area contributed by atoms with Crippen molar-refractivity contribution in [1.82, 2.24) is 0 Å². The summed E-state index contributed by atoms with van der Waals surface area (Å²) in [4.78, 5) is 23.0. The zero-order valence-electron chi connectivity index (χ0n) is 11.8. The predicted octanol–water partition coefficient (Wildman–Crippen LogP) is 1.51. The van der Waals surface area contributed by atoms with Crippen molar-refractivity contribution in [1.29, 1.82) is 0 Å². The Labute approximate surface area is 129 Å². The molecule has 0 unspecified atom stereocenters. The van der Waals surface area contributed by atoms with Gasteiger partial charge < -0.3 is 21.1 Å². The number of carbonyl (C=O) groups is 2. The van der Waals surface area contributed by atoms with Crippen molar-refractivity contribution < 1.29 is 14.3 Å². The van der Waals surface area contributed by atoms with E-state index in [0.29, 0.717) is 24.3 Å².